The minimum atomic E-state index is -0.380. The summed E-state index contributed by atoms with van der Waals surface area (Å²) in [5, 5.41) is 6.00. The number of halogens is 2. The Morgan fingerprint density at radius 2 is 1.71 bits per heavy atom. The number of anilines is 1. The van der Waals surface area contributed by atoms with Crippen LogP contribution in [-0.4, -0.2) is 25.8 Å². The lowest BCUT2D eigenvalue weighted by molar-refractivity contribution is 0.247. The molecule has 0 spiro atoms. The smallest absolute Gasteiger partial charge is 0.319 e. The molecule has 0 atom stereocenters. The monoisotopic (exact) mass is 368 g/mol. The number of urea groups is 1. The Balaban J connectivity index is 1.71. The molecule has 2 N–H and O–H groups in total. The van der Waals surface area contributed by atoms with E-state index in [4.69, 9.17) is 32.7 Å². The van der Waals surface area contributed by atoms with Crippen molar-refractivity contribution in [2.24, 2.45) is 0 Å². The minimum absolute atomic E-state index is 0.306. The van der Waals surface area contributed by atoms with Crippen LogP contribution >= 0.6 is 23.2 Å². The zero-order chi connectivity index (χ0) is 17.4. The molecule has 0 unspecified atom stereocenters. The predicted octanol–water partition coefficient (Wildman–Crippen LogP) is 4.59. The topological polar surface area (TPSA) is 59.6 Å². The van der Waals surface area contributed by atoms with Crippen LogP contribution in [0, 0.1) is 0 Å². The average Bonchev–Trinajstić information content (AvgIpc) is 2.58. The molecular weight excluding hydrogens is 351 g/mol. The first-order valence-corrected chi connectivity index (χ1v) is 8.20. The van der Waals surface area contributed by atoms with Gasteiger partial charge in [0, 0.05) is 0 Å². The van der Waals surface area contributed by atoms with E-state index < -0.39 is 0 Å². The maximum absolute atomic E-state index is 11.8. The molecule has 0 aliphatic heterocycles. The van der Waals surface area contributed by atoms with Crippen LogP contribution < -0.4 is 20.1 Å². The van der Waals surface area contributed by atoms with Crippen molar-refractivity contribution in [3.8, 4) is 11.5 Å². The van der Waals surface area contributed by atoms with Crippen LogP contribution in [0.3, 0.4) is 0 Å². The number of hydrogen-bond donors (Lipinski definition) is 2. The Kier molecular flexibility index (Phi) is 7.03. The lowest BCUT2D eigenvalue weighted by Crippen LogP contribution is -2.32. The molecule has 0 bridgehead atoms. The van der Waals surface area contributed by atoms with Crippen LogP contribution in [0.4, 0.5) is 10.5 Å². The molecule has 2 aromatic carbocycles. The maximum atomic E-state index is 11.8. The minimum Gasteiger partial charge on any atom is -0.494 e. The van der Waals surface area contributed by atoms with Gasteiger partial charge in [0.05, 0.1) is 28.9 Å². The highest BCUT2D eigenvalue weighted by Crippen LogP contribution is 2.29. The van der Waals surface area contributed by atoms with Gasteiger partial charge >= 0.3 is 6.03 Å². The van der Waals surface area contributed by atoms with E-state index in [0.717, 1.165) is 5.75 Å². The molecule has 0 saturated heterocycles. The highest BCUT2D eigenvalue weighted by molar-refractivity contribution is 6.43. The molecule has 5 nitrogen and oxygen atoms in total. The SMILES string of the molecule is CCOc1ccc(OCCNC(=O)Nc2cccc(Cl)c2Cl)cc1. The number of carbonyl (C=O) groups is 1. The number of benzene rings is 2. The number of ether oxygens (including phenoxy) is 2. The molecule has 2 amide bonds. The third-order valence-corrected chi connectivity index (χ3v) is 3.81. The summed E-state index contributed by atoms with van der Waals surface area (Å²) in [5.41, 5.74) is 0.453. The van der Waals surface area contributed by atoms with E-state index in [1.54, 1.807) is 18.2 Å². The van der Waals surface area contributed by atoms with Crippen molar-refractivity contribution in [1.29, 1.82) is 0 Å². The van der Waals surface area contributed by atoms with Crippen LogP contribution in [0.25, 0.3) is 0 Å². The van der Waals surface area contributed by atoms with Gasteiger partial charge in [0.15, 0.2) is 0 Å². The molecule has 0 fully saturated rings. The van der Waals surface area contributed by atoms with Gasteiger partial charge in [0.25, 0.3) is 0 Å². The Morgan fingerprint density at radius 3 is 2.38 bits per heavy atom. The van der Waals surface area contributed by atoms with E-state index in [-0.39, 0.29) is 6.03 Å². The number of carbonyl (C=O) groups excluding carboxylic acids is 1. The summed E-state index contributed by atoms with van der Waals surface area (Å²) in [6, 6.07) is 11.9. The van der Waals surface area contributed by atoms with Crippen molar-refractivity contribution in [3.05, 3.63) is 52.5 Å². The van der Waals surface area contributed by atoms with Crippen LogP contribution in [0.15, 0.2) is 42.5 Å². The van der Waals surface area contributed by atoms with Gasteiger partial charge in [-0.3, -0.25) is 0 Å². The molecule has 0 saturated carbocycles. The fraction of sp³-hybridized carbons (Fsp3) is 0.235. The molecule has 0 aliphatic carbocycles. The predicted molar refractivity (Wildman–Crippen MR) is 96.6 cm³/mol. The summed E-state index contributed by atoms with van der Waals surface area (Å²) >= 11 is 11.9. The van der Waals surface area contributed by atoms with Crippen LogP contribution in [0.5, 0.6) is 11.5 Å². The van der Waals surface area contributed by atoms with Gasteiger partial charge in [-0.05, 0) is 43.3 Å². The lowest BCUT2D eigenvalue weighted by atomic mass is 10.3. The standard InChI is InChI=1S/C17H18Cl2N2O3/c1-2-23-12-6-8-13(9-7-12)24-11-10-20-17(22)21-15-5-3-4-14(18)16(15)19/h3-9H,2,10-11H2,1H3,(H2,20,21,22). The second kappa shape index (κ2) is 9.25. The van der Waals surface area contributed by atoms with E-state index in [1.807, 2.05) is 31.2 Å². The largest absolute Gasteiger partial charge is 0.494 e. The van der Waals surface area contributed by atoms with Gasteiger partial charge in [-0.2, -0.15) is 0 Å². The summed E-state index contributed by atoms with van der Waals surface area (Å²) in [7, 11) is 0. The second-order valence-electron chi connectivity index (χ2n) is 4.74. The second-order valence-corrected chi connectivity index (χ2v) is 5.52. The van der Waals surface area contributed by atoms with Crippen LogP contribution in [0.2, 0.25) is 10.0 Å². The maximum Gasteiger partial charge on any atom is 0.319 e. The van der Waals surface area contributed by atoms with E-state index in [0.29, 0.717) is 41.2 Å². The number of nitrogens with one attached hydrogen (secondary N) is 2. The molecule has 128 valence electrons. The summed E-state index contributed by atoms with van der Waals surface area (Å²) in [6.45, 7) is 3.23. The third kappa shape index (κ3) is 5.51. The number of hydrogen-bond acceptors (Lipinski definition) is 3. The highest BCUT2D eigenvalue weighted by atomic mass is 35.5. The summed E-state index contributed by atoms with van der Waals surface area (Å²) in [6.07, 6.45) is 0. The Hall–Kier alpha value is -2.11. The Labute approximate surface area is 150 Å². The molecular formula is C17H18Cl2N2O3. The fourth-order valence-electron chi connectivity index (χ4n) is 1.90. The van der Waals surface area contributed by atoms with Gasteiger partial charge < -0.3 is 20.1 Å². The molecule has 0 heterocycles. The Morgan fingerprint density at radius 1 is 1.04 bits per heavy atom. The lowest BCUT2D eigenvalue weighted by Gasteiger charge is -2.11. The van der Waals surface area contributed by atoms with Gasteiger partial charge in [-0.25, -0.2) is 4.79 Å². The van der Waals surface area contributed by atoms with Gasteiger partial charge in [0.1, 0.15) is 18.1 Å². The highest BCUT2D eigenvalue weighted by Gasteiger charge is 2.07. The molecule has 0 aromatic heterocycles. The molecule has 0 radical (unpaired) electrons. The van der Waals surface area contributed by atoms with Crippen molar-refractivity contribution in [2.45, 2.75) is 6.92 Å². The number of rotatable bonds is 7. The van der Waals surface area contributed by atoms with Crippen molar-refractivity contribution in [3.63, 3.8) is 0 Å². The average molecular weight is 369 g/mol. The van der Waals surface area contributed by atoms with Gasteiger partial charge in [-0.1, -0.05) is 29.3 Å². The van der Waals surface area contributed by atoms with E-state index >= 15 is 0 Å². The first-order valence-electron chi connectivity index (χ1n) is 7.44. The normalized spacial score (nSPS) is 10.1. The third-order valence-electron chi connectivity index (χ3n) is 2.99. The van der Waals surface area contributed by atoms with Crippen LogP contribution in [0.1, 0.15) is 6.92 Å². The molecule has 2 aromatic rings. The summed E-state index contributed by atoms with van der Waals surface area (Å²) in [5.74, 6) is 1.50. The fourth-order valence-corrected chi connectivity index (χ4v) is 2.25. The van der Waals surface area contributed by atoms with E-state index in [1.165, 1.54) is 0 Å². The van der Waals surface area contributed by atoms with Crippen molar-refractivity contribution >= 4 is 34.9 Å². The quantitative estimate of drug-likeness (QED) is 0.702. The summed E-state index contributed by atoms with van der Waals surface area (Å²) < 4.78 is 10.9. The molecule has 0 aliphatic rings. The number of amides is 2. The van der Waals surface area contributed by atoms with Gasteiger partial charge in [-0.15, -0.1) is 0 Å². The summed E-state index contributed by atoms with van der Waals surface area (Å²) in [4.78, 5) is 11.8. The van der Waals surface area contributed by atoms with Crippen molar-refractivity contribution < 1.29 is 14.3 Å². The molecule has 7 heteroatoms. The van der Waals surface area contributed by atoms with Crippen molar-refractivity contribution in [2.75, 3.05) is 25.1 Å². The molecule has 2 rings (SSSR count). The molecule has 24 heavy (non-hydrogen) atoms. The van der Waals surface area contributed by atoms with E-state index in [2.05, 4.69) is 10.6 Å². The Bertz CT molecular complexity index is 678. The zero-order valence-electron chi connectivity index (χ0n) is 13.1. The zero-order valence-corrected chi connectivity index (χ0v) is 14.7. The first kappa shape index (κ1) is 18.2. The van der Waals surface area contributed by atoms with Gasteiger partial charge in [0.2, 0.25) is 0 Å². The van der Waals surface area contributed by atoms with Crippen LogP contribution in [-0.2, 0) is 0 Å². The van der Waals surface area contributed by atoms with Crippen molar-refractivity contribution in [1.82, 2.24) is 5.32 Å². The first-order chi connectivity index (χ1) is 11.6. The van der Waals surface area contributed by atoms with E-state index in [9.17, 15) is 4.79 Å².